The van der Waals surface area contributed by atoms with Gasteiger partial charge < -0.3 is 0 Å². The van der Waals surface area contributed by atoms with Gasteiger partial charge in [0.25, 0.3) is 0 Å². The zero-order chi connectivity index (χ0) is 11.7. The number of aromatic nitrogens is 1. The van der Waals surface area contributed by atoms with Crippen LogP contribution in [0, 0.1) is 5.92 Å². The number of nitrogens with zero attached hydrogens (tertiary/aromatic N) is 1. The van der Waals surface area contributed by atoms with Gasteiger partial charge >= 0.3 is 0 Å². The van der Waals surface area contributed by atoms with Crippen molar-refractivity contribution in [2.24, 2.45) is 5.92 Å². The second kappa shape index (κ2) is 4.95. The zero-order valence-electron chi connectivity index (χ0n) is 9.73. The summed E-state index contributed by atoms with van der Waals surface area (Å²) in [4.78, 5) is 4.65. The van der Waals surface area contributed by atoms with Crippen LogP contribution in [0.3, 0.4) is 0 Å². The summed E-state index contributed by atoms with van der Waals surface area (Å²) in [5, 5.41) is 1.66. The highest BCUT2D eigenvalue weighted by atomic mass is 35.5. The predicted octanol–water partition coefficient (Wildman–Crippen LogP) is 4.64. The van der Waals surface area contributed by atoms with Crippen LogP contribution in [0.1, 0.15) is 30.7 Å². The number of para-hydroxylation sites is 1. The van der Waals surface area contributed by atoms with Crippen LogP contribution in [-0.2, 0) is 6.42 Å². The maximum absolute atomic E-state index is 6.31. The molecule has 0 bridgehead atoms. The molecule has 0 saturated heterocycles. The molecule has 2 aromatic rings. The quantitative estimate of drug-likeness (QED) is 0.718. The van der Waals surface area contributed by atoms with Gasteiger partial charge in [-0.2, -0.15) is 0 Å². The number of hydrogen-bond acceptors (Lipinski definition) is 2. The van der Waals surface area contributed by atoms with Crippen molar-refractivity contribution in [3.05, 3.63) is 29.3 Å². The average Bonchev–Trinajstić information content (AvgIpc) is 3.09. The largest absolute Gasteiger partial charge is 0.241 e. The monoisotopic (exact) mass is 265 g/mol. The van der Waals surface area contributed by atoms with E-state index in [0.29, 0.717) is 5.38 Å². The van der Waals surface area contributed by atoms with Crippen molar-refractivity contribution < 1.29 is 0 Å². The van der Waals surface area contributed by atoms with Crippen LogP contribution < -0.4 is 0 Å². The summed E-state index contributed by atoms with van der Waals surface area (Å²) in [6, 6.07) is 8.36. The number of alkyl halides is 1. The molecule has 0 amide bonds. The molecule has 1 atom stereocenters. The summed E-state index contributed by atoms with van der Waals surface area (Å²) in [6.07, 6.45) is 6.08. The first-order valence-electron chi connectivity index (χ1n) is 6.31. The van der Waals surface area contributed by atoms with E-state index < -0.39 is 0 Å². The molecule has 1 fully saturated rings. The van der Waals surface area contributed by atoms with Gasteiger partial charge in [-0.1, -0.05) is 12.1 Å². The van der Waals surface area contributed by atoms with Crippen LogP contribution >= 0.6 is 22.9 Å². The zero-order valence-corrected chi connectivity index (χ0v) is 11.3. The van der Waals surface area contributed by atoms with E-state index in [4.69, 9.17) is 11.6 Å². The molecule has 0 N–H and O–H groups in total. The van der Waals surface area contributed by atoms with Gasteiger partial charge in [0.2, 0.25) is 0 Å². The van der Waals surface area contributed by atoms with Gasteiger partial charge in [-0.15, -0.1) is 22.9 Å². The molecule has 1 aliphatic carbocycles. The van der Waals surface area contributed by atoms with Crippen molar-refractivity contribution in [3.8, 4) is 0 Å². The number of benzene rings is 1. The van der Waals surface area contributed by atoms with Gasteiger partial charge in [-0.3, -0.25) is 0 Å². The van der Waals surface area contributed by atoms with Gasteiger partial charge in [-0.05, 0) is 50.2 Å². The van der Waals surface area contributed by atoms with E-state index in [1.54, 1.807) is 0 Å². The Balaban J connectivity index is 1.57. The van der Waals surface area contributed by atoms with Gasteiger partial charge in [0, 0.05) is 5.38 Å². The lowest BCUT2D eigenvalue weighted by Gasteiger charge is -2.05. The van der Waals surface area contributed by atoms with Crippen LogP contribution in [0.2, 0.25) is 0 Å². The van der Waals surface area contributed by atoms with E-state index in [9.17, 15) is 0 Å². The average molecular weight is 266 g/mol. The number of fused-ring (bicyclic) bond motifs is 1. The highest BCUT2D eigenvalue weighted by Gasteiger charge is 2.28. The molecule has 1 aromatic heterocycles. The van der Waals surface area contributed by atoms with Crippen LogP contribution in [0.4, 0.5) is 0 Å². The van der Waals surface area contributed by atoms with Gasteiger partial charge in [-0.25, -0.2) is 4.98 Å². The third kappa shape index (κ3) is 2.80. The molecular weight excluding hydrogens is 250 g/mol. The maximum atomic E-state index is 6.31. The smallest absolute Gasteiger partial charge is 0.0938 e. The van der Waals surface area contributed by atoms with Crippen LogP contribution in [-0.4, -0.2) is 10.4 Å². The Morgan fingerprint density at radius 1 is 1.35 bits per heavy atom. The molecule has 1 aromatic carbocycles. The number of halogens is 1. The Morgan fingerprint density at radius 3 is 2.94 bits per heavy atom. The molecule has 0 aliphatic heterocycles. The second-order valence-electron chi connectivity index (χ2n) is 4.82. The predicted molar refractivity (Wildman–Crippen MR) is 74.9 cm³/mol. The van der Waals surface area contributed by atoms with Gasteiger partial charge in [0.15, 0.2) is 0 Å². The lowest BCUT2D eigenvalue weighted by molar-refractivity contribution is 0.637. The normalized spacial score (nSPS) is 17.5. The minimum atomic E-state index is 0.407. The molecule has 1 unspecified atom stereocenters. The third-order valence-corrected chi connectivity index (χ3v) is 5.01. The van der Waals surface area contributed by atoms with Crippen molar-refractivity contribution in [2.45, 2.75) is 37.5 Å². The van der Waals surface area contributed by atoms with Crippen molar-refractivity contribution >= 4 is 33.2 Å². The topological polar surface area (TPSA) is 12.9 Å². The molecule has 90 valence electrons. The van der Waals surface area contributed by atoms with E-state index in [2.05, 4.69) is 23.2 Å². The molecule has 17 heavy (non-hydrogen) atoms. The highest BCUT2D eigenvalue weighted by molar-refractivity contribution is 7.18. The first-order chi connectivity index (χ1) is 8.33. The molecule has 3 rings (SSSR count). The van der Waals surface area contributed by atoms with Crippen LogP contribution in [0.25, 0.3) is 10.2 Å². The van der Waals surface area contributed by atoms with Gasteiger partial charge in [0.05, 0.1) is 15.2 Å². The van der Waals surface area contributed by atoms with Crippen molar-refractivity contribution in [1.82, 2.24) is 4.98 Å². The first kappa shape index (κ1) is 11.5. The molecule has 1 aliphatic rings. The lowest BCUT2D eigenvalue weighted by atomic mass is 10.1. The number of rotatable bonds is 5. The van der Waals surface area contributed by atoms with Gasteiger partial charge in [0.1, 0.15) is 0 Å². The minimum absolute atomic E-state index is 0.407. The summed E-state index contributed by atoms with van der Waals surface area (Å²) in [6.45, 7) is 0. The third-order valence-electron chi connectivity index (χ3n) is 3.34. The number of thiazole rings is 1. The summed E-state index contributed by atoms with van der Waals surface area (Å²) in [7, 11) is 0. The molecule has 1 heterocycles. The highest BCUT2D eigenvalue weighted by Crippen LogP contribution is 2.37. The van der Waals surface area contributed by atoms with Crippen LogP contribution in [0.5, 0.6) is 0 Å². The summed E-state index contributed by atoms with van der Waals surface area (Å²) in [5.74, 6) is 0.812. The van der Waals surface area contributed by atoms with Crippen molar-refractivity contribution in [1.29, 1.82) is 0 Å². The molecule has 1 nitrogen and oxygen atoms in total. The Kier molecular flexibility index (Phi) is 3.34. The summed E-state index contributed by atoms with van der Waals surface area (Å²) >= 11 is 8.12. The molecule has 1 saturated carbocycles. The summed E-state index contributed by atoms with van der Waals surface area (Å²) < 4.78 is 1.30. The molecule has 0 spiro atoms. The fraction of sp³-hybridized carbons (Fsp3) is 0.500. The Morgan fingerprint density at radius 2 is 2.18 bits per heavy atom. The molecule has 3 heteroatoms. The van der Waals surface area contributed by atoms with Crippen molar-refractivity contribution in [2.75, 3.05) is 0 Å². The van der Waals surface area contributed by atoms with Crippen molar-refractivity contribution in [3.63, 3.8) is 0 Å². The molecule has 0 radical (unpaired) electrons. The fourth-order valence-electron chi connectivity index (χ4n) is 2.17. The summed E-state index contributed by atoms with van der Waals surface area (Å²) in [5.41, 5.74) is 1.14. The van der Waals surface area contributed by atoms with Crippen LogP contribution in [0.15, 0.2) is 24.3 Å². The van der Waals surface area contributed by atoms with E-state index in [-0.39, 0.29) is 0 Å². The van der Waals surface area contributed by atoms with E-state index in [0.717, 1.165) is 24.3 Å². The maximum Gasteiger partial charge on any atom is 0.0938 e. The Bertz CT molecular complexity index is 471. The number of hydrogen-bond donors (Lipinski definition) is 0. The standard InChI is InChI=1S/C14H16ClNS/c15-11(10-8-9-10)4-3-7-14-16-12-5-1-2-6-13(12)17-14/h1-2,5-6,10-11H,3-4,7-9H2. The molecular formula is C14H16ClNS. The van der Waals surface area contributed by atoms with E-state index in [1.165, 1.54) is 29.0 Å². The Hall–Kier alpha value is -0.600. The van der Waals surface area contributed by atoms with E-state index >= 15 is 0 Å². The number of aryl methyl sites for hydroxylation is 1. The fourth-order valence-corrected chi connectivity index (χ4v) is 3.58. The minimum Gasteiger partial charge on any atom is -0.241 e. The lowest BCUT2D eigenvalue weighted by Crippen LogP contribution is -2.01. The second-order valence-corrected chi connectivity index (χ2v) is 6.50. The SMILES string of the molecule is ClC(CCCc1nc2ccccc2s1)C1CC1. The first-order valence-corrected chi connectivity index (χ1v) is 7.57. The Labute approximate surface area is 111 Å². The van der Waals surface area contributed by atoms with E-state index in [1.807, 2.05) is 17.4 Å².